The summed E-state index contributed by atoms with van der Waals surface area (Å²) >= 11 is 12.0. The predicted molar refractivity (Wildman–Crippen MR) is 101 cm³/mol. The molecule has 3 aromatic rings. The number of hydrogen-bond acceptors (Lipinski definition) is 3. The summed E-state index contributed by atoms with van der Waals surface area (Å²) in [6.45, 7) is 0.452. The van der Waals surface area contributed by atoms with E-state index in [1.807, 2.05) is 30.3 Å². The summed E-state index contributed by atoms with van der Waals surface area (Å²) in [6.07, 6.45) is 0.960. The van der Waals surface area contributed by atoms with Gasteiger partial charge in [0.1, 0.15) is 5.82 Å². The van der Waals surface area contributed by atoms with Gasteiger partial charge in [0.25, 0.3) is 0 Å². The molecule has 0 aliphatic rings. The van der Waals surface area contributed by atoms with Crippen molar-refractivity contribution in [3.8, 4) is 0 Å². The quantitative estimate of drug-likeness (QED) is 0.617. The van der Waals surface area contributed by atoms with Crippen molar-refractivity contribution in [3.63, 3.8) is 0 Å². The molecule has 1 amide bonds. The third kappa shape index (κ3) is 4.51. The van der Waals surface area contributed by atoms with Gasteiger partial charge in [0.15, 0.2) is 0 Å². The minimum Gasteiger partial charge on any atom is -0.354 e. The predicted octanol–water partition coefficient (Wildman–Crippen LogP) is 3.10. The van der Waals surface area contributed by atoms with E-state index in [0.29, 0.717) is 35.3 Å². The number of halogens is 2. The van der Waals surface area contributed by atoms with Crippen molar-refractivity contribution >= 4 is 40.1 Å². The van der Waals surface area contributed by atoms with Crippen LogP contribution in [0.5, 0.6) is 0 Å². The molecule has 7 heteroatoms. The van der Waals surface area contributed by atoms with Gasteiger partial charge in [0.05, 0.1) is 17.1 Å². The Kier molecular flexibility index (Phi) is 5.58. The Balaban J connectivity index is 1.52. The first-order chi connectivity index (χ1) is 12.0. The fourth-order valence-electron chi connectivity index (χ4n) is 2.58. The van der Waals surface area contributed by atoms with E-state index in [2.05, 4.69) is 15.3 Å². The number of benzene rings is 2. The average molecular weight is 377 g/mol. The highest BCUT2D eigenvalue weighted by molar-refractivity contribution is 6.35. The van der Waals surface area contributed by atoms with Gasteiger partial charge in [-0.3, -0.25) is 4.79 Å². The van der Waals surface area contributed by atoms with E-state index in [0.717, 1.165) is 16.6 Å². The van der Waals surface area contributed by atoms with Crippen molar-refractivity contribution < 1.29 is 4.79 Å². The number of para-hydroxylation sites is 2. The Morgan fingerprint density at radius 1 is 1.24 bits per heavy atom. The van der Waals surface area contributed by atoms with Crippen molar-refractivity contribution in [1.82, 2.24) is 15.3 Å². The normalized spacial score (nSPS) is 12.3. The van der Waals surface area contributed by atoms with Crippen LogP contribution in [0.2, 0.25) is 10.0 Å². The van der Waals surface area contributed by atoms with E-state index in [9.17, 15) is 4.79 Å². The fraction of sp³-hybridized carbons (Fsp3) is 0.222. The SMILES string of the molecule is NC(Cc1nc2ccccc2[nH]1)C(=O)NCCc1ccc(Cl)cc1Cl. The van der Waals surface area contributed by atoms with Crippen molar-refractivity contribution in [2.24, 2.45) is 5.73 Å². The third-order valence-corrected chi connectivity index (χ3v) is 4.48. The molecule has 5 nitrogen and oxygen atoms in total. The van der Waals surface area contributed by atoms with Gasteiger partial charge in [-0.15, -0.1) is 0 Å². The second-order valence-electron chi connectivity index (χ2n) is 5.79. The molecule has 3 rings (SSSR count). The molecule has 0 bridgehead atoms. The highest BCUT2D eigenvalue weighted by atomic mass is 35.5. The van der Waals surface area contributed by atoms with E-state index in [1.165, 1.54) is 0 Å². The Labute approximate surface area is 155 Å². The minimum absolute atomic E-state index is 0.217. The number of rotatable bonds is 6. The van der Waals surface area contributed by atoms with Gasteiger partial charge in [-0.05, 0) is 36.2 Å². The molecule has 1 heterocycles. The van der Waals surface area contributed by atoms with Crippen LogP contribution in [-0.4, -0.2) is 28.5 Å². The summed E-state index contributed by atoms with van der Waals surface area (Å²) in [6, 6.07) is 12.3. The molecular weight excluding hydrogens is 359 g/mol. The monoisotopic (exact) mass is 376 g/mol. The number of nitrogens with one attached hydrogen (secondary N) is 2. The minimum atomic E-state index is -0.666. The molecule has 0 saturated heterocycles. The van der Waals surface area contributed by atoms with Gasteiger partial charge in [-0.2, -0.15) is 0 Å². The average Bonchev–Trinajstić information content (AvgIpc) is 2.98. The van der Waals surface area contributed by atoms with Crippen LogP contribution < -0.4 is 11.1 Å². The number of fused-ring (bicyclic) bond motifs is 1. The number of amides is 1. The lowest BCUT2D eigenvalue weighted by molar-refractivity contribution is -0.122. The van der Waals surface area contributed by atoms with E-state index < -0.39 is 6.04 Å². The second kappa shape index (κ2) is 7.87. The maximum Gasteiger partial charge on any atom is 0.237 e. The summed E-state index contributed by atoms with van der Waals surface area (Å²) in [4.78, 5) is 19.8. The molecule has 1 aromatic heterocycles. The van der Waals surface area contributed by atoms with Crippen molar-refractivity contribution in [3.05, 3.63) is 63.9 Å². The summed E-state index contributed by atoms with van der Waals surface area (Å²) in [5.74, 6) is 0.482. The zero-order chi connectivity index (χ0) is 17.8. The number of nitrogens with two attached hydrogens (primary N) is 1. The van der Waals surface area contributed by atoms with Crippen molar-refractivity contribution in [2.45, 2.75) is 18.9 Å². The first-order valence-corrected chi connectivity index (χ1v) is 8.69. The second-order valence-corrected chi connectivity index (χ2v) is 6.63. The molecule has 130 valence electrons. The summed E-state index contributed by atoms with van der Waals surface area (Å²) in [5, 5.41) is 4.01. The molecule has 0 fully saturated rings. The lowest BCUT2D eigenvalue weighted by Gasteiger charge is -2.11. The van der Waals surface area contributed by atoms with Gasteiger partial charge < -0.3 is 16.0 Å². The van der Waals surface area contributed by atoms with Gasteiger partial charge in [0, 0.05) is 23.0 Å². The zero-order valence-corrected chi connectivity index (χ0v) is 14.9. The number of aromatic amines is 1. The Morgan fingerprint density at radius 3 is 2.80 bits per heavy atom. The van der Waals surface area contributed by atoms with E-state index in [4.69, 9.17) is 28.9 Å². The number of carbonyl (C=O) groups is 1. The summed E-state index contributed by atoms with van der Waals surface area (Å²) in [7, 11) is 0. The zero-order valence-electron chi connectivity index (χ0n) is 13.4. The van der Waals surface area contributed by atoms with E-state index in [1.54, 1.807) is 12.1 Å². The molecule has 1 atom stereocenters. The number of H-pyrrole nitrogens is 1. The molecule has 0 spiro atoms. The topological polar surface area (TPSA) is 83.8 Å². The van der Waals surface area contributed by atoms with Crippen LogP contribution >= 0.6 is 23.2 Å². The summed E-state index contributed by atoms with van der Waals surface area (Å²) < 4.78 is 0. The van der Waals surface area contributed by atoms with Crippen LogP contribution in [0.4, 0.5) is 0 Å². The Morgan fingerprint density at radius 2 is 2.04 bits per heavy atom. The molecular formula is C18H18Cl2N4O. The molecule has 2 aromatic carbocycles. The van der Waals surface area contributed by atoms with Gasteiger partial charge >= 0.3 is 0 Å². The number of hydrogen-bond donors (Lipinski definition) is 3. The third-order valence-electron chi connectivity index (χ3n) is 3.90. The highest BCUT2D eigenvalue weighted by Gasteiger charge is 2.16. The molecule has 25 heavy (non-hydrogen) atoms. The van der Waals surface area contributed by atoms with Crippen LogP contribution in [0.15, 0.2) is 42.5 Å². The smallest absolute Gasteiger partial charge is 0.237 e. The first kappa shape index (κ1) is 17.7. The molecule has 0 radical (unpaired) electrons. The van der Waals surface area contributed by atoms with E-state index >= 15 is 0 Å². The molecule has 0 aliphatic heterocycles. The Bertz CT molecular complexity index is 861. The number of imidazole rings is 1. The van der Waals surface area contributed by atoms with Crippen LogP contribution in [0.3, 0.4) is 0 Å². The number of nitrogens with zero attached hydrogens (tertiary/aromatic N) is 1. The largest absolute Gasteiger partial charge is 0.354 e. The van der Waals surface area contributed by atoms with Gasteiger partial charge in [0.2, 0.25) is 5.91 Å². The van der Waals surface area contributed by atoms with Crippen molar-refractivity contribution in [2.75, 3.05) is 6.54 Å². The first-order valence-electron chi connectivity index (χ1n) is 7.94. The van der Waals surface area contributed by atoms with Crippen molar-refractivity contribution in [1.29, 1.82) is 0 Å². The van der Waals surface area contributed by atoms with Crippen LogP contribution in [0.1, 0.15) is 11.4 Å². The molecule has 0 saturated carbocycles. The van der Waals surface area contributed by atoms with Crippen LogP contribution in [-0.2, 0) is 17.6 Å². The summed E-state index contributed by atoms with van der Waals surface area (Å²) in [5.41, 5.74) is 8.71. The highest BCUT2D eigenvalue weighted by Crippen LogP contribution is 2.21. The fourth-order valence-corrected chi connectivity index (χ4v) is 3.08. The Hall–Kier alpha value is -2.08. The maximum absolute atomic E-state index is 12.2. The molecule has 4 N–H and O–H groups in total. The molecule has 1 unspecified atom stereocenters. The van der Waals surface area contributed by atoms with Crippen LogP contribution in [0, 0.1) is 0 Å². The van der Waals surface area contributed by atoms with Gasteiger partial charge in [-0.1, -0.05) is 41.4 Å². The molecule has 0 aliphatic carbocycles. The number of carbonyl (C=O) groups excluding carboxylic acids is 1. The number of aromatic nitrogens is 2. The maximum atomic E-state index is 12.2. The lowest BCUT2D eigenvalue weighted by atomic mass is 10.1. The lowest BCUT2D eigenvalue weighted by Crippen LogP contribution is -2.42. The standard InChI is InChI=1S/C18H18Cl2N4O/c19-12-6-5-11(13(20)9-12)7-8-22-18(25)14(21)10-17-23-15-3-1-2-4-16(15)24-17/h1-6,9,14H,7-8,10,21H2,(H,22,25)(H,23,24). The van der Waals surface area contributed by atoms with Crippen LogP contribution in [0.25, 0.3) is 11.0 Å². The van der Waals surface area contributed by atoms with Gasteiger partial charge in [-0.25, -0.2) is 4.98 Å². The van der Waals surface area contributed by atoms with E-state index in [-0.39, 0.29) is 5.91 Å².